The van der Waals surface area contributed by atoms with E-state index in [2.05, 4.69) is 6.92 Å². The number of fused-ring (bicyclic) bond motifs is 5. The van der Waals surface area contributed by atoms with Gasteiger partial charge >= 0.3 is 0 Å². The van der Waals surface area contributed by atoms with Gasteiger partial charge in [-0.25, -0.2) is 0 Å². The summed E-state index contributed by atoms with van der Waals surface area (Å²) in [7, 11) is 0. The molecule has 0 aromatic carbocycles. The molecule has 0 saturated heterocycles. The van der Waals surface area contributed by atoms with Gasteiger partial charge in [0.1, 0.15) is 6.29 Å². The first-order valence-electron chi connectivity index (χ1n) is 8.79. The summed E-state index contributed by atoms with van der Waals surface area (Å²) in [6.07, 6.45) is 13.2. The van der Waals surface area contributed by atoms with E-state index in [4.69, 9.17) is 0 Å². The van der Waals surface area contributed by atoms with Crippen molar-refractivity contribution < 1.29 is 9.59 Å². The Labute approximate surface area is 127 Å². The Kier molecular flexibility index (Phi) is 2.96. The lowest BCUT2D eigenvalue weighted by Crippen LogP contribution is -2.51. The van der Waals surface area contributed by atoms with E-state index in [1.54, 1.807) is 0 Å². The van der Waals surface area contributed by atoms with Crippen LogP contribution in [0.2, 0.25) is 0 Å². The lowest BCUT2D eigenvalue weighted by molar-refractivity contribution is -0.127. The van der Waals surface area contributed by atoms with Crippen molar-refractivity contribution in [3.63, 3.8) is 0 Å². The monoisotopic (exact) mass is 286 g/mol. The summed E-state index contributed by atoms with van der Waals surface area (Å²) in [5.41, 5.74) is 1.44. The van der Waals surface area contributed by atoms with Gasteiger partial charge in [-0.3, -0.25) is 4.79 Å². The Morgan fingerprint density at radius 2 is 1.95 bits per heavy atom. The molecule has 0 bridgehead atoms. The minimum absolute atomic E-state index is 0.238. The molecule has 0 heterocycles. The normalized spacial score (nSPS) is 48.9. The number of carbonyl (C=O) groups excluding carboxylic acids is 2. The van der Waals surface area contributed by atoms with Crippen molar-refractivity contribution >= 4 is 12.1 Å². The fraction of sp³-hybridized carbons (Fsp3) is 0.789. The number of rotatable bonds is 1. The lowest BCUT2D eigenvalue weighted by atomic mass is 9.47. The predicted octanol–water partition coefficient (Wildman–Crippen LogP) is 4.09. The maximum Gasteiger partial charge on any atom is 0.155 e. The highest BCUT2D eigenvalue weighted by Crippen LogP contribution is 2.64. The summed E-state index contributed by atoms with van der Waals surface area (Å²) in [5.74, 6) is 2.30. The fourth-order valence-corrected chi connectivity index (χ4v) is 6.49. The number of aldehydes is 1. The van der Waals surface area contributed by atoms with Crippen LogP contribution in [0.25, 0.3) is 0 Å². The first-order chi connectivity index (χ1) is 10.1. The molecule has 0 N–H and O–H groups in total. The highest BCUT2D eigenvalue weighted by atomic mass is 16.1. The molecule has 2 heteroatoms. The van der Waals surface area contributed by atoms with E-state index in [0.717, 1.165) is 24.7 Å². The molecule has 0 amide bonds. The van der Waals surface area contributed by atoms with Crippen molar-refractivity contribution in [2.45, 2.75) is 64.7 Å². The maximum absolute atomic E-state index is 12.1. The van der Waals surface area contributed by atoms with Gasteiger partial charge < -0.3 is 4.79 Å². The quantitative estimate of drug-likeness (QED) is 0.680. The minimum Gasteiger partial charge on any atom is -0.302 e. The number of hydrogen-bond acceptors (Lipinski definition) is 2. The van der Waals surface area contributed by atoms with E-state index in [9.17, 15) is 9.59 Å². The van der Waals surface area contributed by atoms with E-state index in [1.807, 2.05) is 6.08 Å². The van der Waals surface area contributed by atoms with Crippen LogP contribution >= 0.6 is 0 Å². The Balaban J connectivity index is 1.73. The first-order valence-corrected chi connectivity index (χ1v) is 8.79. The zero-order chi connectivity index (χ0) is 14.7. The van der Waals surface area contributed by atoms with Gasteiger partial charge in [0.15, 0.2) is 5.78 Å². The van der Waals surface area contributed by atoms with Gasteiger partial charge in [0.2, 0.25) is 0 Å². The van der Waals surface area contributed by atoms with E-state index in [0.29, 0.717) is 17.8 Å². The zero-order valence-corrected chi connectivity index (χ0v) is 13.1. The van der Waals surface area contributed by atoms with Crippen LogP contribution in [0.3, 0.4) is 0 Å². The highest BCUT2D eigenvalue weighted by molar-refractivity contribution is 5.93. The Hall–Kier alpha value is -0.920. The van der Waals surface area contributed by atoms with Gasteiger partial charge in [0.05, 0.1) is 5.41 Å². The van der Waals surface area contributed by atoms with Crippen LogP contribution < -0.4 is 0 Å². The van der Waals surface area contributed by atoms with Crippen LogP contribution in [-0.4, -0.2) is 12.1 Å². The highest BCUT2D eigenvalue weighted by Gasteiger charge is 2.57. The van der Waals surface area contributed by atoms with Crippen LogP contribution in [0.1, 0.15) is 64.7 Å². The van der Waals surface area contributed by atoms with Crippen molar-refractivity contribution in [2.24, 2.45) is 28.6 Å². The molecular weight excluding hydrogens is 260 g/mol. The maximum atomic E-state index is 12.1. The molecule has 0 aromatic heterocycles. The third-order valence-corrected chi connectivity index (χ3v) is 7.56. The minimum atomic E-state index is -0.277. The molecular formula is C19H26O2. The second kappa shape index (κ2) is 4.54. The molecule has 4 aliphatic rings. The van der Waals surface area contributed by atoms with Crippen molar-refractivity contribution in [2.75, 3.05) is 0 Å². The van der Waals surface area contributed by atoms with Crippen LogP contribution in [-0.2, 0) is 9.59 Å². The average molecular weight is 286 g/mol. The molecule has 3 fully saturated rings. The number of carbonyl (C=O) groups is 2. The van der Waals surface area contributed by atoms with Gasteiger partial charge in [-0.2, -0.15) is 0 Å². The van der Waals surface area contributed by atoms with E-state index < -0.39 is 0 Å². The molecule has 0 radical (unpaired) electrons. The lowest BCUT2D eigenvalue weighted by Gasteiger charge is -2.56. The van der Waals surface area contributed by atoms with E-state index in [1.165, 1.54) is 50.4 Å². The Morgan fingerprint density at radius 3 is 2.76 bits per heavy atom. The van der Waals surface area contributed by atoms with Crippen LogP contribution in [0, 0.1) is 28.6 Å². The number of hydrogen-bond donors (Lipinski definition) is 0. The number of allylic oxidation sites excluding steroid dienone is 1. The molecule has 2 nitrogen and oxygen atoms in total. The van der Waals surface area contributed by atoms with Crippen molar-refractivity contribution in [3.8, 4) is 0 Å². The largest absolute Gasteiger partial charge is 0.302 e. The number of ketones is 1. The molecule has 0 aromatic rings. The second-order valence-corrected chi connectivity index (χ2v) is 8.29. The predicted molar refractivity (Wildman–Crippen MR) is 81.7 cm³/mol. The van der Waals surface area contributed by atoms with Crippen molar-refractivity contribution in [1.82, 2.24) is 0 Å². The first kappa shape index (κ1) is 13.7. The Morgan fingerprint density at radius 1 is 1.10 bits per heavy atom. The van der Waals surface area contributed by atoms with Crippen LogP contribution in [0.4, 0.5) is 0 Å². The molecule has 3 saturated carbocycles. The summed E-state index contributed by atoms with van der Waals surface area (Å²) < 4.78 is 0. The fourth-order valence-electron chi connectivity index (χ4n) is 6.49. The molecule has 114 valence electrons. The summed E-state index contributed by atoms with van der Waals surface area (Å²) in [6.45, 7) is 2.49. The molecule has 0 unspecified atom stereocenters. The molecule has 4 rings (SSSR count). The third-order valence-electron chi connectivity index (χ3n) is 7.56. The third kappa shape index (κ3) is 1.77. The average Bonchev–Trinajstić information content (AvgIpc) is 2.88. The molecule has 0 spiro atoms. The van der Waals surface area contributed by atoms with Gasteiger partial charge in [0.25, 0.3) is 0 Å². The smallest absolute Gasteiger partial charge is 0.155 e. The molecule has 5 atom stereocenters. The van der Waals surface area contributed by atoms with Gasteiger partial charge in [0, 0.05) is 6.42 Å². The topological polar surface area (TPSA) is 34.1 Å². The summed E-state index contributed by atoms with van der Waals surface area (Å²) in [4.78, 5) is 23.9. The SMILES string of the molecule is C[C@@]12CCC[C@H]1[C@@H]1CCC3=CC(=O)CC[C@]3(C=O)[C@H]1CC2. The van der Waals surface area contributed by atoms with E-state index in [-0.39, 0.29) is 11.2 Å². The molecule has 0 aliphatic heterocycles. The van der Waals surface area contributed by atoms with Gasteiger partial charge in [-0.15, -0.1) is 0 Å². The van der Waals surface area contributed by atoms with Gasteiger partial charge in [-0.1, -0.05) is 18.9 Å². The van der Waals surface area contributed by atoms with Gasteiger partial charge in [-0.05, 0) is 74.2 Å². The zero-order valence-electron chi connectivity index (χ0n) is 13.1. The summed E-state index contributed by atoms with van der Waals surface area (Å²) in [6, 6.07) is 0. The summed E-state index contributed by atoms with van der Waals surface area (Å²) in [5, 5.41) is 0. The van der Waals surface area contributed by atoms with Crippen LogP contribution in [0.15, 0.2) is 11.6 Å². The molecule has 21 heavy (non-hydrogen) atoms. The van der Waals surface area contributed by atoms with E-state index >= 15 is 0 Å². The Bertz CT molecular complexity index is 520. The summed E-state index contributed by atoms with van der Waals surface area (Å²) >= 11 is 0. The standard InChI is InChI=1S/C19H26O2/c1-18-8-2-3-16(18)15-5-4-13-11-14(21)6-10-19(13,12-20)17(15)7-9-18/h11-12,15-17H,2-10H2,1H3/t15-,16-,17-,18-,19+/m0/s1. The van der Waals surface area contributed by atoms with Crippen molar-refractivity contribution in [3.05, 3.63) is 11.6 Å². The molecule has 4 aliphatic carbocycles. The van der Waals surface area contributed by atoms with Crippen molar-refractivity contribution in [1.29, 1.82) is 0 Å². The second-order valence-electron chi connectivity index (χ2n) is 8.29. The van der Waals surface area contributed by atoms with Crippen LogP contribution in [0.5, 0.6) is 0 Å².